The Morgan fingerprint density at radius 3 is 2.48 bits per heavy atom. The Kier molecular flexibility index (Phi) is 6.15. The van der Waals surface area contributed by atoms with Crippen molar-refractivity contribution in [1.82, 2.24) is 5.32 Å². The molecule has 31 heavy (non-hydrogen) atoms. The van der Waals surface area contributed by atoms with Crippen molar-refractivity contribution in [2.45, 2.75) is 49.9 Å². The van der Waals surface area contributed by atoms with Crippen molar-refractivity contribution in [3.05, 3.63) is 59.4 Å². The van der Waals surface area contributed by atoms with E-state index in [9.17, 15) is 29.7 Å². The summed E-state index contributed by atoms with van der Waals surface area (Å²) in [5.41, 5.74) is -4.69. The van der Waals surface area contributed by atoms with Crippen molar-refractivity contribution in [1.29, 1.82) is 0 Å². The van der Waals surface area contributed by atoms with E-state index < -0.39 is 47.1 Å². The Labute approximate surface area is 179 Å². The molecule has 1 fully saturated rings. The lowest BCUT2D eigenvalue weighted by Crippen LogP contribution is -2.60. The number of Topliss-reactive ketones (excluding diaryl/α,β-unsaturated/α-hetero) is 2. The number of aliphatic hydroxyl groups excluding tert-OH is 3. The van der Waals surface area contributed by atoms with Crippen molar-refractivity contribution in [3.8, 4) is 0 Å². The van der Waals surface area contributed by atoms with Crippen LogP contribution in [0.2, 0.25) is 0 Å². The predicted octanol–water partition coefficient (Wildman–Crippen LogP) is 0.00280. The normalized spacial score (nSPS) is 30.1. The van der Waals surface area contributed by atoms with E-state index in [0.29, 0.717) is 6.42 Å². The molecule has 4 N–H and O–H groups in total. The van der Waals surface area contributed by atoms with E-state index in [-0.39, 0.29) is 16.9 Å². The minimum absolute atomic E-state index is 0.0867. The van der Waals surface area contributed by atoms with Crippen molar-refractivity contribution < 1.29 is 39.2 Å². The Balaban J connectivity index is 1.98. The Hall–Kier alpha value is -2.85. The third-order valence-electron chi connectivity index (χ3n) is 5.62. The summed E-state index contributed by atoms with van der Waals surface area (Å²) in [6.45, 7) is 3.08. The number of nitrogens with one attached hydrogen (secondary N) is 1. The maximum absolute atomic E-state index is 13.1. The highest BCUT2D eigenvalue weighted by Crippen LogP contribution is 2.44. The van der Waals surface area contributed by atoms with Crippen LogP contribution in [0, 0.1) is 0 Å². The fourth-order valence-electron chi connectivity index (χ4n) is 3.74. The number of benzene rings is 1. The number of rotatable bonds is 7. The summed E-state index contributed by atoms with van der Waals surface area (Å²) in [7, 11) is 1.12. The highest BCUT2D eigenvalue weighted by Gasteiger charge is 2.74. The lowest BCUT2D eigenvalue weighted by atomic mass is 9.85. The van der Waals surface area contributed by atoms with Gasteiger partial charge in [0.15, 0.2) is 6.10 Å². The summed E-state index contributed by atoms with van der Waals surface area (Å²) in [6.07, 6.45) is -1.35. The molecule has 0 bridgehead atoms. The van der Waals surface area contributed by atoms with Gasteiger partial charge in [0.2, 0.25) is 17.3 Å². The van der Waals surface area contributed by atoms with Gasteiger partial charge in [-0.25, -0.2) is 0 Å². The van der Waals surface area contributed by atoms with Crippen molar-refractivity contribution >= 4 is 17.5 Å². The zero-order chi connectivity index (χ0) is 23.0. The third kappa shape index (κ3) is 3.39. The summed E-state index contributed by atoms with van der Waals surface area (Å²) >= 11 is 0. The van der Waals surface area contributed by atoms with Gasteiger partial charge in [0.25, 0.3) is 11.5 Å². The van der Waals surface area contributed by atoms with E-state index >= 15 is 0 Å². The molecule has 2 aliphatic rings. The van der Waals surface area contributed by atoms with Gasteiger partial charge in [0, 0.05) is 18.2 Å². The first-order valence-electron chi connectivity index (χ1n) is 9.80. The van der Waals surface area contributed by atoms with Crippen LogP contribution in [-0.4, -0.2) is 69.5 Å². The largest absolute Gasteiger partial charge is 0.467 e. The molecule has 0 aromatic heterocycles. The van der Waals surface area contributed by atoms with E-state index in [4.69, 9.17) is 9.47 Å². The first-order chi connectivity index (χ1) is 14.7. The maximum atomic E-state index is 13.1. The van der Waals surface area contributed by atoms with Gasteiger partial charge in [-0.15, -0.1) is 0 Å². The first kappa shape index (κ1) is 22.8. The van der Waals surface area contributed by atoms with Gasteiger partial charge >= 0.3 is 0 Å². The van der Waals surface area contributed by atoms with Gasteiger partial charge in [0.1, 0.15) is 11.9 Å². The van der Waals surface area contributed by atoms with Gasteiger partial charge in [-0.1, -0.05) is 49.4 Å². The molecule has 1 aromatic carbocycles. The number of hydrogen-bond donors (Lipinski definition) is 4. The van der Waals surface area contributed by atoms with Gasteiger partial charge in [0.05, 0.1) is 6.10 Å². The zero-order valence-electron chi connectivity index (χ0n) is 17.4. The number of ether oxygens (including phenoxy) is 2. The SMILES string of the molecule is CC[C@H](O)/C=C/[C@H](O)C1=C(C)C(=O)C2(O1)C(=O)N[C@@](OC)(C(=O)c1ccccc1)[C@@H]2O. The quantitative estimate of drug-likeness (QED) is 0.269. The zero-order valence-corrected chi connectivity index (χ0v) is 17.4. The number of methoxy groups -OCH3 is 1. The van der Waals surface area contributed by atoms with Crippen molar-refractivity contribution in [2.75, 3.05) is 7.11 Å². The van der Waals surface area contributed by atoms with E-state index in [1.165, 1.54) is 31.2 Å². The smallest absolute Gasteiger partial charge is 0.278 e. The van der Waals surface area contributed by atoms with Gasteiger partial charge in [-0.05, 0) is 13.3 Å². The minimum atomic E-state index is -2.49. The molecular formula is C22H25NO8. The minimum Gasteiger partial charge on any atom is -0.467 e. The van der Waals surface area contributed by atoms with E-state index in [2.05, 4.69) is 5.32 Å². The number of carbonyl (C=O) groups is 3. The molecule has 9 heteroatoms. The highest BCUT2D eigenvalue weighted by atomic mass is 16.6. The molecule has 1 aromatic rings. The topological polar surface area (TPSA) is 142 Å². The number of hydrogen-bond acceptors (Lipinski definition) is 8. The number of carbonyl (C=O) groups excluding carboxylic acids is 3. The second kappa shape index (κ2) is 8.35. The molecule has 1 spiro atoms. The molecule has 5 atom stereocenters. The van der Waals surface area contributed by atoms with E-state index in [0.717, 1.165) is 7.11 Å². The molecule has 2 heterocycles. The molecule has 2 aliphatic heterocycles. The fourth-order valence-corrected chi connectivity index (χ4v) is 3.74. The standard InChI is InChI=1S/C22H25NO8/c1-4-14(24)10-11-15(25)16-12(2)17(26)21(31-16)19(28)22(30-3,23-20(21)29)18(27)13-8-6-5-7-9-13/h5-11,14-15,19,24-25,28H,4H2,1-3H3,(H,23,29)/b11-10+/t14-,15-,19+,21?,22+/m0/s1. The second-order valence-electron chi connectivity index (χ2n) is 7.45. The van der Waals surface area contributed by atoms with E-state index in [1.54, 1.807) is 25.1 Å². The van der Waals surface area contributed by atoms with Crippen LogP contribution < -0.4 is 5.32 Å². The van der Waals surface area contributed by atoms with Crippen LogP contribution in [0.25, 0.3) is 0 Å². The van der Waals surface area contributed by atoms with Crippen LogP contribution >= 0.6 is 0 Å². The third-order valence-corrected chi connectivity index (χ3v) is 5.62. The molecular weight excluding hydrogens is 406 g/mol. The average Bonchev–Trinajstić information content (AvgIpc) is 3.18. The first-order valence-corrected chi connectivity index (χ1v) is 9.80. The summed E-state index contributed by atoms with van der Waals surface area (Å²) < 4.78 is 10.8. The summed E-state index contributed by atoms with van der Waals surface area (Å²) in [5, 5.41) is 33.5. The number of ketones is 2. The Bertz CT molecular complexity index is 956. The Morgan fingerprint density at radius 1 is 1.26 bits per heavy atom. The van der Waals surface area contributed by atoms with E-state index in [1.807, 2.05) is 0 Å². The molecule has 0 aliphatic carbocycles. The van der Waals surface area contributed by atoms with Crippen LogP contribution in [0.1, 0.15) is 30.6 Å². The summed E-state index contributed by atoms with van der Waals surface area (Å²) in [4.78, 5) is 39.1. The fraction of sp³-hybridized carbons (Fsp3) is 0.409. The van der Waals surface area contributed by atoms with Crippen LogP contribution in [-0.2, 0) is 19.1 Å². The average molecular weight is 431 g/mol. The Morgan fingerprint density at radius 2 is 1.90 bits per heavy atom. The van der Waals surface area contributed by atoms with Crippen molar-refractivity contribution in [2.24, 2.45) is 0 Å². The van der Waals surface area contributed by atoms with Crippen LogP contribution in [0.15, 0.2) is 53.8 Å². The molecule has 0 saturated carbocycles. The maximum Gasteiger partial charge on any atom is 0.278 e. The predicted molar refractivity (Wildman–Crippen MR) is 108 cm³/mol. The number of amides is 1. The van der Waals surface area contributed by atoms with Gasteiger partial charge in [-0.2, -0.15) is 0 Å². The van der Waals surface area contributed by atoms with Crippen molar-refractivity contribution in [3.63, 3.8) is 0 Å². The molecule has 166 valence electrons. The lowest BCUT2D eigenvalue weighted by molar-refractivity contribution is -0.161. The van der Waals surface area contributed by atoms with Crippen LogP contribution in [0.3, 0.4) is 0 Å². The summed E-state index contributed by atoms with van der Waals surface area (Å²) in [6, 6.07) is 7.85. The van der Waals surface area contributed by atoms with Crippen LogP contribution in [0.4, 0.5) is 0 Å². The highest BCUT2D eigenvalue weighted by molar-refractivity contribution is 6.23. The van der Waals surface area contributed by atoms with Gasteiger partial charge in [-0.3, -0.25) is 14.4 Å². The second-order valence-corrected chi connectivity index (χ2v) is 7.45. The molecule has 1 amide bonds. The lowest BCUT2D eigenvalue weighted by Gasteiger charge is -2.32. The monoisotopic (exact) mass is 431 g/mol. The molecule has 0 radical (unpaired) electrons. The summed E-state index contributed by atoms with van der Waals surface area (Å²) in [5.74, 6) is -2.97. The molecule has 3 rings (SSSR count). The molecule has 1 unspecified atom stereocenters. The molecule has 1 saturated heterocycles. The van der Waals surface area contributed by atoms with Gasteiger partial charge < -0.3 is 30.1 Å². The number of aliphatic hydroxyl groups is 3. The van der Waals surface area contributed by atoms with Crippen LogP contribution in [0.5, 0.6) is 0 Å². The molecule has 9 nitrogen and oxygen atoms in total.